The maximum absolute atomic E-state index is 5.90. The summed E-state index contributed by atoms with van der Waals surface area (Å²) in [6.45, 7) is 3.21. The van der Waals surface area contributed by atoms with E-state index in [1.165, 1.54) is 5.56 Å². The second-order valence-electron chi connectivity index (χ2n) is 6.56. The SMILES string of the molecule is CCNc1nc(OCCc2ccccc2)nc2c1nc(Br)n2-c1ccc(OC)cc1. The summed E-state index contributed by atoms with van der Waals surface area (Å²) in [7, 11) is 1.65. The molecule has 0 amide bonds. The van der Waals surface area contributed by atoms with Gasteiger partial charge in [0.15, 0.2) is 21.7 Å². The molecule has 7 nitrogen and oxygen atoms in total. The van der Waals surface area contributed by atoms with Gasteiger partial charge in [-0.3, -0.25) is 4.57 Å². The molecule has 2 aromatic carbocycles. The van der Waals surface area contributed by atoms with Crippen molar-refractivity contribution in [1.29, 1.82) is 0 Å². The molecular weight excluding hydrogens is 446 g/mol. The summed E-state index contributed by atoms with van der Waals surface area (Å²) in [4.78, 5) is 13.8. The van der Waals surface area contributed by atoms with E-state index >= 15 is 0 Å². The van der Waals surface area contributed by atoms with Crippen molar-refractivity contribution in [3.63, 3.8) is 0 Å². The number of hydrogen-bond acceptors (Lipinski definition) is 6. The van der Waals surface area contributed by atoms with Gasteiger partial charge >= 0.3 is 6.01 Å². The first-order valence-corrected chi connectivity index (χ1v) is 10.5. The molecule has 8 heteroatoms. The van der Waals surface area contributed by atoms with Gasteiger partial charge in [-0.05, 0) is 52.7 Å². The van der Waals surface area contributed by atoms with E-state index < -0.39 is 0 Å². The highest BCUT2D eigenvalue weighted by Crippen LogP contribution is 2.29. The molecule has 4 rings (SSSR count). The fourth-order valence-corrected chi connectivity index (χ4v) is 3.68. The van der Waals surface area contributed by atoms with Crippen LogP contribution in [-0.2, 0) is 6.42 Å². The van der Waals surface area contributed by atoms with E-state index in [4.69, 9.17) is 9.47 Å². The molecule has 0 aliphatic rings. The zero-order valence-electron chi connectivity index (χ0n) is 16.8. The highest BCUT2D eigenvalue weighted by Gasteiger charge is 2.18. The Morgan fingerprint density at radius 2 is 1.77 bits per heavy atom. The predicted molar refractivity (Wildman–Crippen MR) is 121 cm³/mol. The molecule has 0 bridgehead atoms. The van der Waals surface area contributed by atoms with Crippen molar-refractivity contribution in [3.05, 3.63) is 64.9 Å². The number of hydrogen-bond donors (Lipinski definition) is 1. The van der Waals surface area contributed by atoms with E-state index in [-0.39, 0.29) is 0 Å². The molecule has 0 spiro atoms. The van der Waals surface area contributed by atoms with Crippen LogP contribution in [0.15, 0.2) is 59.3 Å². The van der Waals surface area contributed by atoms with Crippen molar-refractivity contribution in [3.8, 4) is 17.4 Å². The maximum atomic E-state index is 5.90. The normalized spacial score (nSPS) is 10.9. The Morgan fingerprint density at radius 3 is 2.47 bits per heavy atom. The summed E-state index contributed by atoms with van der Waals surface area (Å²) >= 11 is 3.56. The van der Waals surface area contributed by atoms with Crippen LogP contribution in [0.4, 0.5) is 5.82 Å². The monoisotopic (exact) mass is 467 g/mol. The summed E-state index contributed by atoms with van der Waals surface area (Å²) in [6.07, 6.45) is 0.778. The largest absolute Gasteiger partial charge is 0.497 e. The zero-order chi connectivity index (χ0) is 20.9. The van der Waals surface area contributed by atoms with Gasteiger partial charge in [0, 0.05) is 18.7 Å². The van der Waals surface area contributed by atoms with Crippen LogP contribution in [0, 0.1) is 0 Å². The first-order chi connectivity index (χ1) is 14.7. The number of nitrogens with zero attached hydrogens (tertiary/aromatic N) is 4. The fourth-order valence-electron chi connectivity index (χ4n) is 3.13. The first kappa shape index (κ1) is 20.2. The zero-order valence-corrected chi connectivity index (χ0v) is 18.4. The Balaban J connectivity index is 1.69. The second-order valence-corrected chi connectivity index (χ2v) is 7.26. The number of imidazole rings is 1. The lowest BCUT2D eigenvalue weighted by atomic mass is 10.2. The van der Waals surface area contributed by atoms with Gasteiger partial charge in [-0.25, -0.2) is 4.98 Å². The molecule has 2 aromatic heterocycles. The standard InChI is InChI=1S/C22H22BrN5O2/c1-3-24-19-18-20(27-22(26-19)30-14-13-15-7-5-4-6-8-15)28(21(23)25-18)16-9-11-17(29-2)12-10-16/h4-12H,3,13-14H2,1-2H3,(H,24,26,27). The van der Waals surface area contributed by atoms with E-state index in [2.05, 4.69) is 48.3 Å². The molecule has 0 fully saturated rings. The summed E-state index contributed by atoms with van der Waals surface area (Å²) in [5.41, 5.74) is 3.45. The number of benzene rings is 2. The molecule has 154 valence electrons. The van der Waals surface area contributed by atoms with Crippen molar-refractivity contribution in [1.82, 2.24) is 19.5 Å². The molecule has 0 radical (unpaired) electrons. The summed E-state index contributed by atoms with van der Waals surface area (Å²) in [5, 5.41) is 3.26. The lowest BCUT2D eigenvalue weighted by molar-refractivity contribution is 0.297. The van der Waals surface area contributed by atoms with Crippen LogP contribution in [0.3, 0.4) is 0 Å². The molecule has 2 heterocycles. The molecule has 1 N–H and O–H groups in total. The van der Waals surface area contributed by atoms with Crippen LogP contribution in [-0.4, -0.2) is 39.8 Å². The number of aromatic nitrogens is 4. The summed E-state index contributed by atoms with van der Waals surface area (Å²) in [5.74, 6) is 1.43. The van der Waals surface area contributed by atoms with Gasteiger partial charge in [-0.2, -0.15) is 9.97 Å². The second kappa shape index (κ2) is 9.13. The Morgan fingerprint density at radius 1 is 1.00 bits per heavy atom. The van der Waals surface area contributed by atoms with Crippen LogP contribution < -0.4 is 14.8 Å². The van der Waals surface area contributed by atoms with Gasteiger partial charge in [0.25, 0.3) is 0 Å². The minimum absolute atomic E-state index is 0.316. The van der Waals surface area contributed by atoms with Crippen LogP contribution >= 0.6 is 15.9 Å². The third-order valence-electron chi connectivity index (χ3n) is 4.59. The van der Waals surface area contributed by atoms with Gasteiger partial charge in [0.2, 0.25) is 0 Å². The van der Waals surface area contributed by atoms with E-state index in [0.29, 0.717) is 40.9 Å². The van der Waals surface area contributed by atoms with E-state index in [0.717, 1.165) is 17.9 Å². The predicted octanol–water partition coefficient (Wildman–Crippen LogP) is 4.64. The number of anilines is 1. The molecule has 0 saturated heterocycles. The lowest BCUT2D eigenvalue weighted by Gasteiger charge is -2.10. The van der Waals surface area contributed by atoms with Gasteiger partial charge < -0.3 is 14.8 Å². The number of nitrogens with one attached hydrogen (secondary N) is 1. The van der Waals surface area contributed by atoms with Gasteiger partial charge in [-0.15, -0.1) is 0 Å². The molecule has 0 aliphatic heterocycles. The lowest BCUT2D eigenvalue weighted by Crippen LogP contribution is -2.08. The Hall–Kier alpha value is -3.13. The van der Waals surface area contributed by atoms with Crippen molar-refractivity contribution in [2.24, 2.45) is 0 Å². The minimum Gasteiger partial charge on any atom is -0.497 e. The molecular formula is C22H22BrN5O2. The molecule has 30 heavy (non-hydrogen) atoms. The van der Waals surface area contributed by atoms with E-state index in [9.17, 15) is 0 Å². The highest BCUT2D eigenvalue weighted by atomic mass is 79.9. The highest BCUT2D eigenvalue weighted by molar-refractivity contribution is 9.10. The number of fused-ring (bicyclic) bond motifs is 1. The molecule has 4 aromatic rings. The fraction of sp³-hybridized carbons (Fsp3) is 0.227. The van der Waals surface area contributed by atoms with Crippen molar-refractivity contribution in [2.75, 3.05) is 25.6 Å². The quantitative estimate of drug-likeness (QED) is 0.380. The topological polar surface area (TPSA) is 74.1 Å². The number of ether oxygens (including phenoxy) is 2. The minimum atomic E-state index is 0.316. The molecule has 0 unspecified atom stereocenters. The number of halogens is 1. The Labute approximate surface area is 183 Å². The molecule has 0 aliphatic carbocycles. The van der Waals surface area contributed by atoms with Crippen molar-refractivity contribution < 1.29 is 9.47 Å². The van der Waals surface area contributed by atoms with Crippen LogP contribution in [0.25, 0.3) is 16.9 Å². The van der Waals surface area contributed by atoms with Crippen LogP contribution in [0.5, 0.6) is 11.8 Å². The third-order valence-corrected chi connectivity index (χ3v) is 5.12. The smallest absolute Gasteiger partial charge is 0.320 e. The van der Waals surface area contributed by atoms with Crippen molar-refractivity contribution >= 4 is 32.9 Å². The number of methoxy groups -OCH3 is 1. The van der Waals surface area contributed by atoms with Crippen LogP contribution in [0.2, 0.25) is 0 Å². The van der Waals surface area contributed by atoms with Crippen LogP contribution in [0.1, 0.15) is 12.5 Å². The average Bonchev–Trinajstić information content (AvgIpc) is 3.11. The Kier molecular flexibility index (Phi) is 6.13. The Bertz CT molecular complexity index is 1130. The molecule has 0 atom stereocenters. The first-order valence-electron chi connectivity index (χ1n) is 9.70. The van der Waals surface area contributed by atoms with Crippen molar-refractivity contribution in [2.45, 2.75) is 13.3 Å². The maximum Gasteiger partial charge on any atom is 0.320 e. The van der Waals surface area contributed by atoms with Gasteiger partial charge in [0.05, 0.1) is 13.7 Å². The number of rotatable bonds is 8. The third kappa shape index (κ3) is 4.23. The van der Waals surface area contributed by atoms with Gasteiger partial charge in [0.1, 0.15) is 5.75 Å². The average molecular weight is 468 g/mol. The van der Waals surface area contributed by atoms with Gasteiger partial charge in [-0.1, -0.05) is 30.3 Å². The van der Waals surface area contributed by atoms with E-state index in [1.54, 1.807) is 7.11 Å². The molecule has 0 saturated carbocycles. The van der Waals surface area contributed by atoms with E-state index in [1.807, 2.05) is 54.0 Å². The summed E-state index contributed by atoms with van der Waals surface area (Å²) < 4.78 is 13.7. The summed E-state index contributed by atoms with van der Waals surface area (Å²) in [6, 6.07) is 18.2.